The number of esters is 1. The average Bonchev–Trinajstić information content (AvgIpc) is 2.68. The first-order valence-corrected chi connectivity index (χ1v) is 8.34. The van der Waals surface area contributed by atoms with E-state index in [-0.39, 0.29) is 24.3 Å². The summed E-state index contributed by atoms with van der Waals surface area (Å²) in [6.45, 7) is 1.83. The third kappa shape index (κ3) is 4.89. The summed E-state index contributed by atoms with van der Waals surface area (Å²) in [6.07, 6.45) is 0. The number of anilines is 1. The molecule has 1 heterocycles. The highest BCUT2D eigenvalue weighted by Gasteiger charge is 2.19. The van der Waals surface area contributed by atoms with Gasteiger partial charge in [0.1, 0.15) is 23.7 Å². The lowest BCUT2D eigenvalue weighted by molar-refractivity contribution is 0.0386. The number of carbonyl (C=O) groups is 2. The molecule has 1 amide bonds. The molecule has 0 fully saturated rings. The highest BCUT2D eigenvalue weighted by atomic mass is 16.6. The molecule has 1 aromatic heterocycles. The van der Waals surface area contributed by atoms with Crippen LogP contribution in [0.2, 0.25) is 0 Å². The Balaban J connectivity index is 2.29. The van der Waals surface area contributed by atoms with Gasteiger partial charge in [0.05, 0.1) is 32.1 Å². The molecule has 0 saturated heterocycles. The fourth-order valence-corrected chi connectivity index (χ4v) is 2.39. The number of ether oxygens (including phenoxy) is 4. The SMILES string of the molecule is COCCOC(=O)c1cc(C(=O)Nc2ccc(OC)cc2OC)c(=O)[nH]c1C. The van der Waals surface area contributed by atoms with Crippen molar-refractivity contribution in [1.29, 1.82) is 0 Å². The second-order valence-electron chi connectivity index (χ2n) is 5.70. The van der Waals surface area contributed by atoms with Crippen LogP contribution in [0.3, 0.4) is 0 Å². The van der Waals surface area contributed by atoms with Crippen molar-refractivity contribution in [2.75, 3.05) is 39.9 Å². The highest BCUT2D eigenvalue weighted by Crippen LogP contribution is 2.29. The summed E-state index contributed by atoms with van der Waals surface area (Å²) in [6, 6.07) is 6.01. The van der Waals surface area contributed by atoms with Gasteiger partial charge < -0.3 is 29.2 Å². The van der Waals surface area contributed by atoms with E-state index in [4.69, 9.17) is 18.9 Å². The van der Waals surface area contributed by atoms with E-state index >= 15 is 0 Å². The molecule has 2 rings (SSSR count). The van der Waals surface area contributed by atoms with Gasteiger partial charge in [0.25, 0.3) is 11.5 Å². The standard InChI is InChI=1S/C19H22N2O7/c1-11-13(19(24)28-8-7-25-2)10-14(17(22)20-11)18(23)21-15-6-5-12(26-3)9-16(15)27-4/h5-6,9-10H,7-8H2,1-4H3,(H,20,22)(H,21,23). The van der Waals surface area contributed by atoms with Gasteiger partial charge in [0.15, 0.2) is 0 Å². The number of carbonyl (C=O) groups excluding carboxylic acids is 2. The Kier molecular flexibility index (Phi) is 7.16. The molecular formula is C19H22N2O7. The molecule has 2 aromatic rings. The van der Waals surface area contributed by atoms with Gasteiger partial charge in [-0.15, -0.1) is 0 Å². The number of aromatic nitrogens is 1. The average molecular weight is 390 g/mol. The summed E-state index contributed by atoms with van der Waals surface area (Å²) in [5.74, 6) is -0.461. The lowest BCUT2D eigenvalue weighted by atomic mass is 10.1. The molecule has 2 N–H and O–H groups in total. The van der Waals surface area contributed by atoms with Crippen LogP contribution in [0.15, 0.2) is 29.1 Å². The molecule has 0 bridgehead atoms. The third-order valence-corrected chi connectivity index (χ3v) is 3.88. The summed E-state index contributed by atoms with van der Waals surface area (Å²) in [7, 11) is 4.43. The van der Waals surface area contributed by atoms with Crippen molar-refractivity contribution in [1.82, 2.24) is 4.98 Å². The third-order valence-electron chi connectivity index (χ3n) is 3.88. The maximum atomic E-state index is 12.6. The van der Waals surface area contributed by atoms with E-state index in [2.05, 4.69) is 10.3 Å². The van der Waals surface area contributed by atoms with Gasteiger partial charge in [0.2, 0.25) is 0 Å². The molecule has 0 saturated carbocycles. The number of rotatable bonds is 8. The predicted octanol–water partition coefficient (Wildman–Crippen LogP) is 1.76. The summed E-state index contributed by atoms with van der Waals surface area (Å²) in [5.41, 5.74) is -0.135. The molecule has 0 unspecified atom stereocenters. The second-order valence-corrected chi connectivity index (χ2v) is 5.70. The van der Waals surface area contributed by atoms with Crippen molar-refractivity contribution in [3.8, 4) is 11.5 Å². The second kappa shape index (κ2) is 9.56. The van der Waals surface area contributed by atoms with Gasteiger partial charge >= 0.3 is 5.97 Å². The van der Waals surface area contributed by atoms with Crippen LogP contribution < -0.4 is 20.3 Å². The van der Waals surface area contributed by atoms with Crippen LogP contribution in [0.4, 0.5) is 5.69 Å². The van der Waals surface area contributed by atoms with Gasteiger partial charge in [-0.25, -0.2) is 4.79 Å². The first-order chi connectivity index (χ1) is 13.4. The smallest absolute Gasteiger partial charge is 0.340 e. The Hall–Kier alpha value is -3.33. The van der Waals surface area contributed by atoms with Crippen LogP contribution >= 0.6 is 0 Å². The topological polar surface area (TPSA) is 116 Å². The number of nitrogens with one attached hydrogen (secondary N) is 2. The Morgan fingerprint density at radius 3 is 2.43 bits per heavy atom. The minimum atomic E-state index is -0.698. The highest BCUT2D eigenvalue weighted by molar-refractivity contribution is 6.06. The van der Waals surface area contributed by atoms with E-state index in [1.54, 1.807) is 25.1 Å². The van der Waals surface area contributed by atoms with Crippen molar-refractivity contribution in [3.63, 3.8) is 0 Å². The Morgan fingerprint density at radius 2 is 1.79 bits per heavy atom. The van der Waals surface area contributed by atoms with E-state index in [0.717, 1.165) is 0 Å². The molecule has 0 aliphatic rings. The number of benzene rings is 1. The van der Waals surface area contributed by atoms with Gasteiger partial charge in [-0.3, -0.25) is 9.59 Å². The number of pyridine rings is 1. The predicted molar refractivity (Wildman–Crippen MR) is 101 cm³/mol. The minimum absolute atomic E-state index is 0.0540. The molecule has 9 nitrogen and oxygen atoms in total. The monoisotopic (exact) mass is 390 g/mol. The van der Waals surface area contributed by atoms with Gasteiger partial charge in [-0.1, -0.05) is 0 Å². The molecule has 0 spiro atoms. The summed E-state index contributed by atoms with van der Waals surface area (Å²) >= 11 is 0. The van der Waals surface area contributed by atoms with Crippen molar-refractivity contribution in [2.45, 2.75) is 6.92 Å². The van der Waals surface area contributed by atoms with Gasteiger partial charge in [-0.2, -0.15) is 0 Å². The quantitative estimate of drug-likeness (QED) is 0.521. The summed E-state index contributed by atoms with van der Waals surface area (Å²) in [5, 5.41) is 2.60. The fraction of sp³-hybridized carbons (Fsp3) is 0.316. The van der Waals surface area contributed by atoms with E-state index in [1.807, 2.05) is 0 Å². The first-order valence-electron chi connectivity index (χ1n) is 8.34. The van der Waals surface area contributed by atoms with E-state index in [9.17, 15) is 14.4 Å². The maximum absolute atomic E-state index is 12.6. The zero-order chi connectivity index (χ0) is 20.7. The molecule has 9 heteroatoms. The molecular weight excluding hydrogens is 368 g/mol. The van der Waals surface area contributed by atoms with Crippen LogP contribution in [-0.4, -0.2) is 51.4 Å². The number of hydrogen-bond donors (Lipinski definition) is 2. The largest absolute Gasteiger partial charge is 0.497 e. The fourth-order valence-electron chi connectivity index (χ4n) is 2.39. The van der Waals surface area contributed by atoms with Crippen LogP contribution in [0, 0.1) is 6.92 Å². The van der Waals surface area contributed by atoms with Gasteiger partial charge in [-0.05, 0) is 25.1 Å². The molecule has 0 aliphatic heterocycles. The number of hydrogen-bond acceptors (Lipinski definition) is 7. The normalized spacial score (nSPS) is 10.3. The number of methoxy groups -OCH3 is 3. The number of amides is 1. The minimum Gasteiger partial charge on any atom is -0.497 e. The zero-order valence-electron chi connectivity index (χ0n) is 16.1. The van der Waals surface area contributed by atoms with Crippen LogP contribution in [0.25, 0.3) is 0 Å². The van der Waals surface area contributed by atoms with E-state index in [1.165, 1.54) is 27.4 Å². The van der Waals surface area contributed by atoms with Gasteiger partial charge in [0, 0.05) is 18.9 Å². The Labute approximate surface area is 161 Å². The lowest BCUT2D eigenvalue weighted by Gasteiger charge is -2.12. The van der Waals surface area contributed by atoms with Crippen molar-refractivity contribution in [2.24, 2.45) is 0 Å². The number of aryl methyl sites for hydroxylation is 1. The number of H-pyrrole nitrogens is 1. The van der Waals surface area contributed by atoms with Crippen molar-refractivity contribution >= 4 is 17.6 Å². The lowest BCUT2D eigenvalue weighted by Crippen LogP contribution is -2.26. The molecule has 0 radical (unpaired) electrons. The Morgan fingerprint density at radius 1 is 1.04 bits per heavy atom. The van der Waals surface area contributed by atoms with E-state index in [0.29, 0.717) is 22.9 Å². The Bertz CT molecular complexity index is 921. The van der Waals surface area contributed by atoms with Crippen molar-refractivity contribution < 1.29 is 28.5 Å². The van der Waals surface area contributed by atoms with Crippen LogP contribution in [-0.2, 0) is 9.47 Å². The van der Waals surface area contributed by atoms with Crippen LogP contribution in [0.1, 0.15) is 26.4 Å². The zero-order valence-corrected chi connectivity index (χ0v) is 16.1. The summed E-state index contributed by atoms with van der Waals surface area (Å²) in [4.78, 5) is 39.5. The molecule has 28 heavy (non-hydrogen) atoms. The maximum Gasteiger partial charge on any atom is 0.340 e. The number of aromatic amines is 1. The van der Waals surface area contributed by atoms with E-state index < -0.39 is 17.4 Å². The van der Waals surface area contributed by atoms with Crippen LogP contribution in [0.5, 0.6) is 11.5 Å². The first kappa shape index (κ1) is 21.0. The van der Waals surface area contributed by atoms with Crippen molar-refractivity contribution in [3.05, 3.63) is 51.4 Å². The molecule has 0 atom stereocenters. The summed E-state index contributed by atoms with van der Waals surface area (Å²) < 4.78 is 20.2. The molecule has 1 aromatic carbocycles. The molecule has 0 aliphatic carbocycles. The molecule has 150 valence electrons.